The molecule has 1 fully saturated rings. The fraction of sp³-hybridized carbons (Fsp3) is 0.310. The van der Waals surface area contributed by atoms with Crippen LogP contribution in [0, 0.1) is 11.3 Å². The molecule has 0 saturated carbocycles. The number of nitrogens with two attached hydrogens (primary N) is 1. The van der Waals surface area contributed by atoms with E-state index in [9.17, 15) is 18.5 Å². The van der Waals surface area contributed by atoms with Crippen molar-refractivity contribution in [3.05, 3.63) is 87.9 Å². The number of rotatable bonds is 7. The Morgan fingerprint density at radius 2 is 1.77 bits per heavy atom. The van der Waals surface area contributed by atoms with E-state index in [1.165, 1.54) is 22.5 Å². The largest absolute Gasteiger partial charge is 0.459 e. The number of esters is 1. The van der Waals surface area contributed by atoms with E-state index in [1.807, 2.05) is 42.5 Å². The number of hydrogen-bond donors (Lipinski definition) is 1. The lowest BCUT2D eigenvalue weighted by molar-refractivity contribution is -0.159. The number of sulfonamides is 1. The highest BCUT2D eigenvalue weighted by atomic mass is 35.5. The molecule has 10 heteroatoms. The van der Waals surface area contributed by atoms with Crippen molar-refractivity contribution in [2.24, 2.45) is 5.73 Å². The van der Waals surface area contributed by atoms with Gasteiger partial charge in [-0.05, 0) is 74.1 Å². The van der Waals surface area contributed by atoms with Gasteiger partial charge in [0.2, 0.25) is 10.0 Å². The van der Waals surface area contributed by atoms with Crippen molar-refractivity contribution in [2.45, 2.75) is 55.7 Å². The highest BCUT2D eigenvalue weighted by molar-refractivity contribution is 7.89. The van der Waals surface area contributed by atoms with E-state index in [1.54, 1.807) is 19.9 Å². The molecule has 4 rings (SSSR count). The third-order valence-electron chi connectivity index (χ3n) is 7.01. The molecule has 1 heterocycles. The maximum atomic E-state index is 13.5. The maximum absolute atomic E-state index is 13.5. The van der Waals surface area contributed by atoms with E-state index in [0.717, 1.165) is 16.7 Å². The molecular weight excluding hydrogens is 557 g/mol. The van der Waals surface area contributed by atoms with Crippen LogP contribution >= 0.6 is 23.2 Å². The Morgan fingerprint density at radius 3 is 2.41 bits per heavy atom. The van der Waals surface area contributed by atoms with Gasteiger partial charge < -0.3 is 10.5 Å². The summed E-state index contributed by atoms with van der Waals surface area (Å²) in [5.41, 5.74) is 8.32. The summed E-state index contributed by atoms with van der Waals surface area (Å²) in [7, 11) is -3.96. The van der Waals surface area contributed by atoms with Crippen molar-refractivity contribution in [1.29, 1.82) is 5.26 Å². The minimum absolute atomic E-state index is 0.0161. The van der Waals surface area contributed by atoms with E-state index in [4.69, 9.17) is 33.7 Å². The Bertz CT molecular complexity index is 1500. The first kappa shape index (κ1) is 29.1. The number of benzene rings is 3. The highest BCUT2D eigenvalue weighted by Crippen LogP contribution is 2.36. The van der Waals surface area contributed by atoms with Crippen molar-refractivity contribution in [3.8, 4) is 17.2 Å². The Labute approximate surface area is 239 Å². The van der Waals surface area contributed by atoms with Crippen LogP contribution in [-0.2, 0) is 26.0 Å². The second-order valence-corrected chi connectivity index (χ2v) is 12.8. The summed E-state index contributed by atoms with van der Waals surface area (Å²) in [4.78, 5) is 13.0. The summed E-state index contributed by atoms with van der Waals surface area (Å²) in [6.07, 6.45) is 0.560. The van der Waals surface area contributed by atoms with Gasteiger partial charge in [0.15, 0.2) is 0 Å². The number of carbonyl (C=O) groups is 1. The Hall–Kier alpha value is -2.93. The molecule has 0 aliphatic carbocycles. The van der Waals surface area contributed by atoms with Crippen LogP contribution in [0.25, 0.3) is 11.1 Å². The molecule has 3 aromatic carbocycles. The fourth-order valence-electron chi connectivity index (χ4n) is 4.88. The van der Waals surface area contributed by atoms with Gasteiger partial charge in [-0.15, -0.1) is 0 Å². The fourth-order valence-corrected chi connectivity index (χ4v) is 7.45. The molecule has 0 spiro atoms. The van der Waals surface area contributed by atoms with Crippen molar-refractivity contribution in [1.82, 2.24) is 4.31 Å². The Kier molecular flexibility index (Phi) is 8.69. The third-order valence-corrected chi connectivity index (χ3v) is 9.51. The summed E-state index contributed by atoms with van der Waals surface area (Å²) in [5.74, 6) is -0.600. The molecule has 0 aromatic heterocycles. The second kappa shape index (κ2) is 11.7. The van der Waals surface area contributed by atoms with E-state index < -0.39 is 33.7 Å². The number of carbonyl (C=O) groups excluding carboxylic acids is 1. The Morgan fingerprint density at radius 1 is 1.13 bits per heavy atom. The second-order valence-electron chi connectivity index (χ2n) is 10.1. The molecule has 0 amide bonds. The zero-order chi connectivity index (χ0) is 28.4. The molecule has 2 atom stereocenters. The molecule has 2 N–H and O–H groups in total. The zero-order valence-electron chi connectivity index (χ0n) is 21.6. The lowest BCUT2D eigenvalue weighted by Crippen LogP contribution is -2.59. The number of ether oxygens (including phenoxy) is 1. The van der Waals surface area contributed by atoms with E-state index in [2.05, 4.69) is 6.07 Å². The monoisotopic (exact) mass is 585 g/mol. The molecule has 7 nitrogen and oxygen atoms in total. The zero-order valence-corrected chi connectivity index (χ0v) is 23.9. The van der Waals surface area contributed by atoms with Crippen molar-refractivity contribution < 1.29 is 17.9 Å². The van der Waals surface area contributed by atoms with Gasteiger partial charge in [0.25, 0.3) is 0 Å². The van der Waals surface area contributed by atoms with Gasteiger partial charge in [0.1, 0.15) is 12.1 Å². The van der Waals surface area contributed by atoms with Crippen LogP contribution in [0.5, 0.6) is 0 Å². The summed E-state index contributed by atoms with van der Waals surface area (Å²) in [6.45, 7) is 3.73. The van der Waals surface area contributed by atoms with Crippen molar-refractivity contribution in [2.75, 3.05) is 6.54 Å². The predicted molar refractivity (Wildman–Crippen MR) is 152 cm³/mol. The average molecular weight is 587 g/mol. The first-order valence-corrected chi connectivity index (χ1v) is 14.7. The quantitative estimate of drug-likeness (QED) is 0.362. The van der Waals surface area contributed by atoms with Gasteiger partial charge in [-0.2, -0.15) is 9.57 Å². The van der Waals surface area contributed by atoms with Gasteiger partial charge >= 0.3 is 5.97 Å². The minimum atomic E-state index is -3.96. The van der Waals surface area contributed by atoms with E-state index in [-0.39, 0.29) is 27.9 Å². The summed E-state index contributed by atoms with van der Waals surface area (Å²) in [6, 6.07) is 20.3. The predicted octanol–water partition coefficient (Wildman–Crippen LogP) is 5.58. The van der Waals surface area contributed by atoms with Gasteiger partial charge in [0, 0.05) is 16.6 Å². The van der Waals surface area contributed by atoms with Crippen LogP contribution < -0.4 is 5.73 Å². The van der Waals surface area contributed by atoms with Gasteiger partial charge in [-0.1, -0.05) is 65.7 Å². The number of nitrogens with zero attached hydrogens (tertiary/aromatic N) is 2. The number of piperidine rings is 1. The normalized spacial score (nSPS) is 18.2. The first-order valence-electron chi connectivity index (χ1n) is 12.5. The van der Waals surface area contributed by atoms with E-state index in [0.29, 0.717) is 18.4 Å². The molecule has 1 saturated heterocycles. The molecule has 0 bridgehead atoms. The lowest BCUT2D eigenvalue weighted by Gasteiger charge is -2.46. The smallest absolute Gasteiger partial charge is 0.323 e. The Balaban J connectivity index is 1.45. The lowest BCUT2D eigenvalue weighted by atomic mass is 9.89. The van der Waals surface area contributed by atoms with Gasteiger partial charge in [0.05, 0.1) is 22.1 Å². The van der Waals surface area contributed by atoms with Crippen LogP contribution in [-0.4, -0.2) is 42.9 Å². The molecule has 1 aliphatic rings. The number of hydrogen-bond acceptors (Lipinski definition) is 6. The van der Waals surface area contributed by atoms with Crippen LogP contribution in [0.3, 0.4) is 0 Å². The topological polar surface area (TPSA) is 113 Å². The first-order chi connectivity index (χ1) is 18.4. The SMILES string of the molecule is CC1(C)C(OC(=O)C(N)Cc2ccc(-c3ccccc3C#N)cc2)CCCN1S(=O)(=O)c1cc(Cl)cc(Cl)c1. The van der Waals surface area contributed by atoms with E-state index >= 15 is 0 Å². The maximum Gasteiger partial charge on any atom is 0.323 e. The standard InChI is InChI=1S/C29H29Cl2N3O4S/c1-29(2)27(8-5-13-34(29)39(36,37)24-16-22(30)15-23(31)17-24)38-28(35)26(33)14-19-9-11-20(12-10-19)25-7-4-3-6-21(25)18-32/h3-4,6-7,9-12,15-17,26-27H,5,8,13-14,33H2,1-2H3. The van der Waals surface area contributed by atoms with Crippen LogP contribution in [0.15, 0.2) is 71.6 Å². The van der Waals surface area contributed by atoms with Gasteiger partial charge in [-0.25, -0.2) is 8.42 Å². The molecule has 3 aromatic rings. The van der Waals surface area contributed by atoms with Crippen LogP contribution in [0.1, 0.15) is 37.8 Å². The number of nitriles is 1. The third kappa shape index (κ3) is 6.29. The summed E-state index contributed by atoms with van der Waals surface area (Å²) in [5, 5.41) is 9.79. The number of halogens is 2. The average Bonchev–Trinajstić information content (AvgIpc) is 2.89. The summed E-state index contributed by atoms with van der Waals surface area (Å²) < 4.78 is 34.2. The molecule has 1 aliphatic heterocycles. The van der Waals surface area contributed by atoms with Crippen LogP contribution in [0.4, 0.5) is 0 Å². The molecule has 39 heavy (non-hydrogen) atoms. The van der Waals surface area contributed by atoms with Crippen molar-refractivity contribution >= 4 is 39.2 Å². The molecular formula is C29H29Cl2N3O4S. The molecule has 204 valence electrons. The summed E-state index contributed by atoms with van der Waals surface area (Å²) >= 11 is 12.1. The van der Waals surface area contributed by atoms with Crippen molar-refractivity contribution in [3.63, 3.8) is 0 Å². The molecule has 0 radical (unpaired) electrons. The van der Waals surface area contributed by atoms with Gasteiger partial charge in [-0.3, -0.25) is 4.79 Å². The minimum Gasteiger partial charge on any atom is -0.459 e. The highest BCUT2D eigenvalue weighted by Gasteiger charge is 2.47. The molecule has 2 unspecified atom stereocenters. The van der Waals surface area contributed by atoms with Crippen LogP contribution in [0.2, 0.25) is 10.0 Å².